The van der Waals surface area contributed by atoms with E-state index in [9.17, 15) is 0 Å². The Kier molecular flexibility index (Phi) is 19.4. The second-order valence-corrected chi connectivity index (χ2v) is 9.61. The van der Waals surface area contributed by atoms with Gasteiger partial charge in [0.25, 0.3) is 0 Å². The lowest BCUT2D eigenvalue weighted by molar-refractivity contribution is 0.324. The van der Waals surface area contributed by atoms with Crippen LogP contribution in [0.5, 0.6) is 0 Å². The van der Waals surface area contributed by atoms with Gasteiger partial charge in [0.2, 0.25) is 0 Å². The Balaban J connectivity index is 0.00000171. The standard InChI is InChI=1S/C28H36N4.C3H8.C3H4.C2H6/c1-7-22(3)28-30-26(25-12-9-8-11-23(25)4)19-27(32(28)6)29-17-10-18-31(5)20-24-15-13-21(2)14-16-24;2*1-3-2;1-2/h7-9,11-16,19,30H,1,10,17-18,20H2,2-6H3;3H2,1-2H3;1H,2H3;1-2H3/b28-22-,29-27?;;;. The maximum absolute atomic E-state index is 4.96. The fourth-order valence-corrected chi connectivity index (χ4v) is 3.84. The van der Waals surface area contributed by atoms with E-state index in [1.807, 2.05) is 19.9 Å². The fourth-order valence-electron chi connectivity index (χ4n) is 3.84. The lowest BCUT2D eigenvalue weighted by Crippen LogP contribution is -2.38. The van der Waals surface area contributed by atoms with Gasteiger partial charge in [0, 0.05) is 31.8 Å². The molecule has 0 fully saturated rings. The van der Waals surface area contributed by atoms with E-state index >= 15 is 0 Å². The first-order valence-electron chi connectivity index (χ1n) is 14.5. The summed E-state index contributed by atoms with van der Waals surface area (Å²) >= 11 is 0. The van der Waals surface area contributed by atoms with Crippen molar-refractivity contribution in [1.82, 2.24) is 15.1 Å². The quantitative estimate of drug-likeness (QED) is 0.268. The van der Waals surface area contributed by atoms with Crippen molar-refractivity contribution in [3.8, 4) is 12.3 Å². The molecule has 0 saturated carbocycles. The number of nitrogens with zero attached hydrogens (tertiary/aromatic N) is 3. The van der Waals surface area contributed by atoms with Gasteiger partial charge in [0.1, 0.15) is 11.7 Å². The zero-order valence-electron chi connectivity index (χ0n) is 26.9. The Bertz CT molecular complexity index is 1130. The van der Waals surface area contributed by atoms with Crippen molar-refractivity contribution in [2.45, 2.75) is 74.8 Å². The predicted molar refractivity (Wildman–Crippen MR) is 179 cm³/mol. The lowest BCUT2D eigenvalue weighted by atomic mass is 10.0. The summed E-state index contributed by atoms with van der Waals surface area (Å²) in [6, 6.07) is 17.2. The van der Waals surface area contributed by atoms with E-state index in [-0.39, 0.29) is 0 Å². The third kappa shape index (κ3) is 13.0. The topological polar surface area (TPSA) is 30.9 Å². The van der Waals surface area contributed by atoms with Crippen molar-refractivity contribution >= 4 is 11.5 Å². The number of allylic oxidation sites excluding steroid dienone is 2. The molecule has 0 aliphatic carbocycles. The number of hydrogen-bond acceptors (Lipinski definition) is 3. The zero-order valence-corrected chi connectivity index (χ0v) is 26.9. The lowest BCUT2D eigenvalue weighted by Gasteiger charge is -2.32. The van der Waals surface area contributed by atoms with Crippen molar-refractivity contribution < 1.29 is 0 Å². The highest BCUT2D eigenvalue weighted by atomic mass is 15.3. The largest absolute Gasteiger partial charge is 0.341 e. The molecule has 0 bridgehead atoms. The number of amidine groups is 1. The second-order valence-electron chi connectivity index (χ2n) is 9.61. The predicted octanol–water partition coefficient (Wildman–Crippen LogP) is 8.60. The summed E-state index contributed by atoms with van der Waals surface area (Å²) in [7, 11) is 4.23. The molecule has 0 unspecified atom stereocenters. The van der Waals surface area contributed by atoms with Gasteiger partial charge in [-0.3, -0.25) is 4.99 Å². The van der Waals surface area contributed by atoms with E-state index in [1.165, 1.54) is 28.7 Å². The van der Waals surface area contributed by atoms with Crippen LogP contribution >= 0.6 is 0 Å². The molecule has 0 radical (unpaired) electrons. The SMILES string of the molecule is C#CC.C=C/C(C)=C1/NC(c2ccccc2C)=CC(=NCCCN(C)Cc2ccc(C)cc2)N1C.CC.CCC. The number of rotatable bonds is 8. The first-order valence-corrected chi connectivity index (χ1v) is 14.5. The van der Waals surface area contributed by atoms with Gasteiger partial charge in [-0.25, -0.2) is 0 Å². The number of hydrogen-bond donors (Lipinski definition) is 1. The van der Waals surface area contributed by atoms with Gasteiger partial charge >= 0.3 is 0 Å². The molecule has 0 atom stereocenters. The molecule has 0 saturated heterocycles. The molecule has 1 heterocycles. The Morgan fingerprint density at radius 2 is 1.68 bits per heavy atom. The summed E-state index contributed by atoms with van der Waals surface area (Å²) in [4.78, 5) is 9.44. The number of benzene rings is 2. The van der Waals surface area contributed by atoms with Crippen molar-refractivity contribution in [1.29, 1.82) is 0 Å². The summed E-state index contributed by atoms with van der Waals surface area (Å²) < 4.78 is 0. The van der Waals surface area contributed by atoms with Gasteiger partial charge in [-0.2, -0.15) is 0 Å². The van der Waals surface area contributed by atoms with Gasteiger partial charge < -0.3 is 15.1 Å². The van der Waals surface area contributed by atoms with Gasteiger partial charge in [-0.05, 0) is 64.4 Å². The minimum atomic E-state index is 0.788. The fraction of sp³-hybridized carbons (Fsp3) is 0.417. The molecule has 0 aromatic heterocycles. The number of aliphatic imine (C=N–C) groups is 1. The third-order valence-electron chi connectivity index (χ3n) is 5.87. The van der Waals surface area contributed by atoms with Gasteiger partial charge in [-0.15, -0.1) is 12.3 Å². The summed E-state index contributed by atoms with van der Waals surface area (Å²) in [6.45, 7) is 23.0. The van der Waals surface area contributed by atoms with Crippen LogP contribution in [0.25, 0.3) is 5.70 Å². The second kappa shape index (κ2) is 21.3. The Morgan fingerprint density at radius 3 is 2.23 bits per heavy atom. The molecular weight excluding hydrogens is 488 g/mol. The van der Waals surface area contributed by atoms with Crippen LogP contribution in [0.15, 0.2) is 83.6 Å². The van der Waals surface area contributed by atoms with Crippen molar-refractivity contribution in [2.75, 3.05) is 27.2 Å². The highest BCUT2D eigenvalue weighted by Crippen LogP contribution is 2.24. The van der Waals surface area contributed by atoms with Gasteiger partial charge in [0.05, 0.1) is 5.70 Å². The van der Waals surface area contributed by atoms with Crippen molar-refractivity contribution in [2.24, 2.45) is 4.99 Å². The molecule has 40 heavy (non-hydrogen) atoms. The molecule has 1 aliphatic rings. The summed E-state index contributed by atoms with van der Waals surface area (Å²) in [5.74, 6) is 4.25. The minimum absolute atomic E-state index is 0.788. The van der Waals surface area contributed by atoms with E-state index < -0.39 is 0 Å². The molecule has 4 nitrogen and oxygen atoms in total. The van der Waals surface area contributed by atoms with Crippen LogP contribution in [0.4, 0.5) is 0 Å². The smallest absolute Gasteiger partial charge is 0.130 e. The molecule has 0 amide bonds. The van der Waals surface area contributed by atoms with E-state index in [0.29, 0.717) is 0 Å². The van der Waals surface area contributed by atoms with Crippen LogP contribution in [0.2, 0.25) is 0 Å². The maximum atomic E-state index is 4.96. The molecule has 1 aliphatic heterocycles. The van der Waals surface area contributed by atoms with E-state index in [1.54, 1.807) is 6.92 Å². The summed E-state index contributed by atoms with van der Waals surface area (Å²) in [5, 5.41) is 3.59. The van der Waals surface area contributed by atoms with E-state index in [0.717, 1.165) is 49.0 Å². The van der Waals surface area contributed by atoms with Crippen LogP contribution in [0.1, 0.15) is 76.6 Å². The Labute approximate surface area is 246 Å². The highest BCUT2D eigenvalue weighted by molar-refractivity contribution is 6.02. The average Bonchev–Trinajstić information content (AvgIpc) is 2.95. The summed E-state index contributed by atoms with van der Waals surface area (Å²) in [5.41, 5.74) is 7.26. The van der Waals surface area contributed by atoms with E-state index in [2.05, 4.69) is 137 Å². The molecule has 1 N–H and O–H groups in total. The molecule has 4 heteroatoms. The number of terminal acetylenes is 1. The van der Waals surface area contributed by atoms with Crippen molar-refractivity contribution in [3.63, 3.8) is 0 Å². The van der Waals surface area contributed by atoms with Crippen LogP contribution in [0, 0.1) is 26.2 Å². The van der Waals surface area contributed by atoms with Crippen LogP contribution < -0.4 is 5.32 Å². The minimum Gasteiger partial charge on any atom is -0.341 e. The van der Waals surface area contributed by atoms with Crippen LogP contribution in [-0.2, 0) is 6.54 Å². The van der Waals surface area contributed by atoms with Crippen LogP contribution in [0.3, 0.4) is 0 Å². The number of likely N-dealkylation sites (N-methyl/N-ethyl adjacent to an activating group) is 1. The van der Waals surface area contributed by atoms with E-state index in [4.69, 9.17) is 4.99 Å². The summed E-state index contributed by atoms with van der Waals surface area (Å²) in [6.07, 6.45) is 10.9. The Hall–Kier alpha value is -3.55. The molecule has 3 rings (SSSR count). The maximum Gasteiger partial charge on any atom is 0.130 e. The number of aryl methyl sites for hydroxylation is 2. The third-order valence-corrected chi connectivity index (χ3v) is 5.87. The van der Waals surface area contributed by atoms with Gasteiger partial charge in [-0.1, -0.05) is 101 Å². The first-order chi connectivity index (χ1) is 19.2. The molecule has 218 valence electrons. The highest BCUT2D eigenvalue weighted by Gasteiger charge is 2.21. The molecule has 2 aromatic carbocycles. The Morgan fingerprint density at radius 1 is 1.10 bits per heavy atom. The van der Waals surface area contributed by atoms with Crippen LogP contribution in [-0.4, -0.2) is 42.8 Å². The normalized spacial score (nSPS) is 14.2. The average molecular weight is 543 g/mol. The monoisotopic (exact) mass is 542 g/mol. The number of nitrogens with one attached hydrogen (secondary N) is 1. The molecule has 0 spiro atoms. The zero-order chi connectivity index (χ0) is 30.5. The van der Waals surface area contributed by atoms with Gasteiger partial charge in [0.15, 0.2) is 0 Å². The molecule has 2 aromatic rings. The van der Waals surface area contributed by atoms with Crippen molar-refractivity contribution in [3.05, 3.63) is 101 Å². The molecular formula is C36H54N4. The first kappa shape index (κ1) is 36.5.